The summed E-state index contributed by atoms with van der Waals surface area (Å²) in [5, 5.41) is 4.05. The van der Waals surface area contributed by atoms with Gasteiger partial charge in [-0.2, -0.15) is 0 Å². The second-order valence-electron chi connectivity index (χ2n) is 11.6. The van der Waals surface area contributed by atoms with Crippen LogP contribution in [0.5, 0.6) is 0 Å². The normalized spacial score (nSPS) is 14.1. The number of nitrogens with zero attached hydrogens (tertiary/aromatic N) is 2. The summed E-state index contributed by atoms with van der Waals surface area (Å²) in [5.41, 5.74) is 2.54. The van der Waals surface area contributed by atoms with Crippen LogP contribution in [0.3, 0.4) is 0 Å². The molecule has 1 atom stereocenters. The van der Waals surface area contributed by atoms with Crippen molar-refractivity contribution in [1.82, 2.24) is 10.2 Å². The number of nitrogens with one attached hydrogen (secondary N) is 1. The van der Waals surface area contributed by atoms with E-state index in [9.17, 15) is 18.0 Å². The molecule has 7 nitrogen and oxygen atoms in total. The van der Waals surface area contributed by atoms with Gasteiger partial charge in [0.25, 0.3) is 10.0 Å². The molecule has 2 amide bonds. The van der Waals surface area contributed by atoms with Gasteiger partial charge in [-0.05, 0) is 72.9 Å². The Balaban J connectivity index is 1.58. The van der Waals surface area contributed by atoms with Crippen LogP contribution in [0.25, 0.3) is 0 Å². The fourth-order valence-electron chi connectivity index (χ4n) is 5.79. The highest BCUT2D eigenvalue weighted by atomic mass is 35.5. The van der Waals surface area contributed by atoms with Crippen LogP contribution in [0.1, 0.15) is 42.4 Å². The summed E-state index contributed by atoms with van der Waals surface area (Å²) in [4.78, 5) is 30.2. The Morgan fingerprint density at radius 1 is 0.826 bits per heavy atom. The third-order valence-corrected chi connectivity index (χ3v) is 10.5. The van der Waals surface area contributed by atoms with Crippen molar-refractivity contribution in [2.75, 3.05) is 10.8 Å². The zero-order valence-electron chi connectivity index (χ0n) is 25.6. The molecule has 1 fully saturated rings. The predicted octanol–water partition coefficient (Wildman–Crippen LogP) is 7.20. The Labute approximate surface area is 281 Å². The van der Waals surface area contributed by atoms with E-state index in [1.54, 1.807) is 67.6 Å². The molecule has 0 saturated heterocycles. The number of carbonyl (C=O) groups is 2. The fraction of sp³-hybridized carbons (Fsp3) is 0.278. The molecule has 240 valence electrons. The number of rotatable bonds is 12. The van der Waals surface area contributed by atoms with E-state index in [2.05, 4.69) is 5.32 Å². The number of hydrogen-bond donors (Lipinski definition) is 1. The van der Waals surface area contributed by atoms with E-state index in [1.165, 1.54) is 17.0 Å². The molecule has 4 aromatic carbocycles. The van der Waals surface area contributed by atoms with Crippen LogP contribution in [0.4, 0.5) is 5.69 Å². The van der Waals surface area contributed by atoms with E-state index in [0.717, 1.165) is 41.1 Å². The summed E-state index contributed by atoms with van der Waals surface area (Å²) in [7, 11) is -4.21. The Morgan fingerprint density at radius 3 is 2.09 bits per heavy atom. The minimum absolute atomic E-state index is 0.0299. The van der Waals surface area contributed by atoms with Gasteiger partial charge in [0.2, 0.25) is 11.8 Å². The highest BCUT2D eigenvalue weighted by Gasteiger charge is 2.36. The molecule has 1 aliphatic rings. The second kappa shape index (κ2) is 15.2. The predicted molar refractivity (Wildman–Crippen MR) is 183 cm³/mol. The van der Waals surface area contributed by atoms with E-state index in [-0.39, 0.29) is 35.5 Å². The van der Waals surface area contributed by atoms with Gasteiger partial charge in [0.05, 0.1) is 10.6 Å². The molecular formula is C36H37Cl2N3O4S. The first-order valence-electron chi connectivity index (χ1n) is 15.3. The molecule has 1 aliphatic carbocycles. The van der Waals surface area contributed by atoms with E-state index in [0.29, 0.717) is 15.6 Å². The molecule has 0 unspecified atom stereocenters. The van der Waals surface area contributed by atoms with E-state index < -0.39 is 28.5 Å². The highest BCUT2D eigenvalue weighted by molar-refractivity contribution is 7.92. The minimum Gasteiger partial charge on any atom is -0.352 e. The van der Waals surface area contributed by atoms with Crippen molar-refractivity contribution >= 4 is 50.7 Å². The monoisotopic (exact) mass is 677 g/mol. The Hall–Kier alpha value is -3.85. The molecule has 0 bridgehead atoms. The van der Waals surface area contributed by atoms with Crippen LogP contribution in [0.15, 0.2) is 108 Å². The Kier molecular flexibility index (Phi) is 11.0. The highest BCUT2D eigenvalue weighted by Crippen LogP contribution is 2.30. The standard InChI is InChI=1S/C36H37Cl2N3O4S/c1-26-16-19-30(38)23-33(26)41(46(44,45)32-14-6-3-7-15-32)25-35(42)40(24-28-17-20-29(37)21-18-28)34(22-27-10-4-2-5-11-27)36(43)39-31-12-8-9-13-31/h2-7,10-11,14-21,23,31,34H,8-9,12-13,22,24-25H2,1H3,(H,39,43)/t34-/m1/s1. The van der Waals surface area contributed by atoms with Crippen molar-refractivity contribution in [1.29, 1.82) is 0 Å². The summed E-state index contributed by atoms with van der Waals surface area (Å²) in [6, 6.07) is 28.6. The van der Waals surface area contributed by atoms with Crippen LogP contribution >= 0.6 is 23.2 Å². The number of hydrogen-bond acceptors (Lipinski definition) is 4. The third kappa shape index (κ3) is 8.29. The number of amides is 2. The van der Waals surface area contributed by atoms with Gasteiger partial charge in [-0.1, -0.05) is 103 Å². The molecule has 0 aromatic heterocycles. The van der Waals surface area contributed by atoms with Crippen LogP contribution in [0.2, 0.25) is 10.0 Å². The van der Waals surface area contributed by atoms with Crippen molar-refractivity contribution in [2.45, 2.75) is 62.6 Å². The topological polar surface area (TPSA) is 86.8 Å². The maximum atomic E-state index is 14.6. The van der Waals surface area contributed by atoms with E-state index in [4.69, 9.17) is 23.2 Å². The zero-order valence-corrected chi connectivity index (χ0v) is 27.9. The number of carbonyl (C=O) groups excluding carboxylic acids is 2. The van der Waals surface area contributed by atoms with Crippen molar-refractivity contribution in [3.8, 4) is 0 Å². The van der Waals surface area contributed by atoms with Gasteiger partial charge in [0.1, 0.15) is 12.6 Å². The van der Waals surface area contributed by atoms with Crippen molar-refractivity contribution in [3.05, 3.63) is 130 Å². The molecule has 1 saturated carbocycles. The zero-order chi connectivity index (χ0) is 32.7. The van der Waals surface area contributed by atoms with Gasteiger partial charge >= 0.3 is 0 Å². The number of halogens is 2. The molecule has 0 heterocycles. The molecular weight excluding hydrogens is 641 g/mol. The molecule has 10 heteroatoms. The van der Waals surface area contributed by atoms with Gasteiger partial charge in [-0.15, -0.1) is 0 Å². The summed E-state index contributed by atoms with van der Waals surface area (Å²) >= 11 is 12.5. The summed E-state index contributed by atoms with van der Waals surface area (Å²) in [6.07, 6.45) is 4.08. The molecule has 5 rings (SSSR count). The Morgan fingerprint density at radius 2 is 1.43 bits per heavy atom. The average molecular weight is 679 g/mol. The smallest absolute Gasteiger partial charge is 0.264 e. The second-order valence-corrected chi connectivity index (χ2v) is 14.3. The first-order valence-corrected chi connectivity index (χ1v) is 17.5. The van der Waals surface area contributed by atoms with Crippen LogP contribution in [-0.2, 0) is 32.6 Å². The molecule has 0 spiro atoms. The van der Waals surface area contributed by atoms with Gasteiger partial charge in [-0.3, -0.25) is 13.9 Å². The van der Waals surface area contributed by atoms with Crippen LogP contribution in [-0.4, -0.2) is 43.8 Å². The molecule has 0 radical (unpaired) electrons. The lowest BCUT2D eigenvalue weighted by Crippen LogP contribution is -2.54. The number of aryl methyl sites for hydroxylation is 1. The minimum atomic E-state index is -4.21. The lowest BCUT2D eigenvalue weighted by atomic mass is 10.0. The van der Waals surface area contributed by atoms with Crippen LogP contribution < -0.4 is 9.62 Å². The summed E-state index contributed by atoms with van der Waals surface area (Å²) in [5.74, 6) is -0.800. The first-order chi connectivity index (χ1) is 22.1. The SMILES string of the molecule is Cc1ccc(Cl)cc1N(CC(=O)N(Cc1ccc(Cl)cc1)[C@H](Cc1ccccc1)C(=O)NC1CCCC1)S(=O)(=O)c1ccccc1. The van der Waals surface area contributed by atoms with E-state index in [1.807, 2.05) is 30.3 Å². The summed E-state index contributed by atoms with van der Waals surface area (Å²) < 4.78 is 29.5. The number of anilines is 1. The molecule has 0 aliphatic heterocycles. The lowest BCUT2D eigenvalue weighted by molar-refractivity contribution is -0.140. The maximum Gasteiger partial charge on any atom is 0.264 e. The molecule has 46 heavy (non-hydrogen) atoms. The van der Waals surface area contributed by atoms with Crippen molar-refractivity contribution in [2.24, 2.45) is 0 Å². The number of benzene rings is 4. The van der Waals surface area contributed by atoms with Gasteiger partial charge in [-0.25, -0.2) is 8.42 Å². The largest absolute Gasteiger partial charge is 0.352 e. The lowest BCUT2D eigenvalue weighted by Gasteiger charge is -2.34. The number of sulfonamides is 1. The van der Waals surface area contributed by atoms with Crippen molar-refractivity contribution < 1.29 is 18.0 Å². The third-order valence-electron chi connectivity index (χ3n) is 8.29. The quantitative estimate of drug-likeness (QED) is 0.172. The van der Waals surface area contributed by atoms with E-state index >= 15 is 0 Å². The van der Waals surface area contributed by atoms with Crippen LogP contribution in [0, 0.1) is 6.92 Å². The Bertz CT molecular complexity index is 1750. The molecule has 4 aromatic rings. The van der Waals surface area contributed by atoms with Gasteiger partial charge in [0, 0.05) is 29.1 Å². The first kappa shape index (κ1) is 33.5. The van der Waals surface area contributed by atoms with Gasteiger partial charge < -0.3 is 10.2 Å². The maximum absolute atomic E-state index is 14.6. The summed E-state index contributed by atoms with van der Waals surface area (Å²) in [6.45, 7) is 1.29. The molecule has 1 N–H and O–H groups in total. The average Bonchev–Trinajstić information content (AvgIpc) is 3.57. The van der Waals surface area contributed by atoms with Gasteiger partial charge in [0.15, 0.2) is 0 Å². The van der Waals surface area contributed by atoms with Crippen molar-refractivity contribution in [3.63, 3.8) is 0 Å². The fourth-order valence-corrected chi connectivity index (χ4v) is 7.58.